The van der Waals surface area contributed by atoms with E-state index in [1.165, 1.54) is 0 Å². The summed E-state index contributed by atoms with van der Waals surface area (Å²) < 4.78 is 34.3. The molecule has 1 rings (SSSR count). The molecular formula is C7H15NO4S. The fraction of sp³-hybridized carbons (Fsp3) is 1.00. The lowest BCUT2D eigenvalue weighted by molar-refractivity contribution is 0.0339. The third-order valence-electron chi connectivity index (χ3n) is 2.42. The average molecular weight is 209 g/mol. The van der Waals surface area contributed by atoms with Gasteiger partial charge in [-0.2, -0.15) is 8.42 Å². The molecule has 0 spiro atoms. The van der Waals surface area contributed by atoms with Gasteiger partial charge in [0.1, 0.15) is 5.60 Å². The molecule has 1 fully saturated rings. The van der Waals surface area contributed by atoms with Crippen molar-refractivity contribution in [3.63, 3.8) is 0 Å². The van der Waals surface area contributed by atoms with Crippen LogP contribution in [0.5, 0.6) is 0 Å². The van der Waals surface area contributed by atoms with E-state index in [1.54, 1.807) is 0 Å². The van der Waals surface area contributed by atoms with Gasteiger partial charge in [0.2, 0.25) is 0 Å². The molecule has 5 nitrogen and oxygen atoms in total. The SMILES string of the molecule is NCC1(OS(=O)(=O)O)CCCCC1. The molecule has 0 atom stereocenters. The van der Waals surface area contributed by atoms with Crippen LogP contribution >= 0.6 is 0 Å². The first kappa shape index (κ1) is 10.9. The van der Waals surface area contributed by atoms with Crippen LogP contribution in [-0.2, 0) is 14.6 Å². The van der Waals surface area contributed by atoms with Crippen LogP contribution in [0.15, 0.2) is 0 Å². The predicted octanol–water partition coefficient (Wildman–Crippen LogP) is 0.467. The molecule has 1 saturated carbocycles. The van der Waals surface area contributed by atoms with Crippen LogP contribution in [0.4, 0.5) is 0 Å². The van der Waals surface area contributed by atoms with Crippen molar-refractivity contribution < 1.29 is 17.2 Å². The third kappa shape index (κ3) is 3.22. The lowest BCUT2D eigenvalue weighted by Crippen LogP contribution is -2.43. The predicted molar refractivity (Wildman–Crippen MR) is 47.5 cm³/mol. The van der Waals surface area contributed by atoms with E-state index in [4.69, 9.17) is 10.3 Å². The Morgan fingerprint density at radius 2 is 1.85 bits per heavy atom. The van der Waals surface area contributed by atoms with Crippen LogP contribution in [0, 0.1) is 0 Å². The zero-order chi connectivity index (χ0) is 9.95. The van der Waals surface area contributed by atoms with Gasteiger partial charge in [-0.05, 0) is 12.8 Å². The lowest BCUT2D eigenvalue weighted by Gasteiger charge is -2.33. The molecule has 0 radical (unpaired) electrons. The quantitative estimate of drug-likeness (QED) is 0.659. The van der Waals surface area contributed by atoms with Crippen LogP contribution in [0.2, 0.25) is 0 Å². The maximum atomic E-state index is 10.5. The zero-order valence-corrected chi connectivity index (χ0v) is 8.22. The maximum Gasteiger partial charge on any atom is 0.397 e. The van der Waals surface area contributed by atoms with Gasteiger partial charge in [0, 0.05) is 6.54 Å². The average Bonchev–Trinajstić information content (AvgIpc) is 2.03. The molecule has 0 aromatic rings. The smallest absolute Gasteiger partial charge is 0.328 e. The van der Waals surface area contributed by atoms with Crippen LogP contribution in [0.1, 0.15) is 32.1 Å². The molecule has 0 aliphatic heterocycles. The third-order valence-corrected chi connectivity index (χ3v) is 2.98. The Labute approximate surface area is 78.2 Å². The Bertz CT molecular complexity index is 256. The van der Waals surface area contributed by atoms with Crippen LogP contribution in [0.3, 0.4) is 0 Å². The van der Waals surface area contributed by atoms with E-state index in [0.717, 1.165) is 19.3 Å². The summed E-state index contributed by atoms with van der Waals surface area (Å²) in [4.78, 5) is 0. The van der Waals surface area contributed by atoms with Crippen molar-refractivity contribution in [1.82, 2.24) is 0 Å². The van der Waals surface area contributed by atoms with Crippen molar-refractivity contribution in [3.8, 4) is 0 Å². The Kier molecular flexibility index (Phi) is 3.28. The highest BCUT2D eigenvalue weighted by atomic mass is 32.3. The van der Waals surface area contributed by atoms with Gasteiger partial charge in [0.25, 0.3) is 0 Å². The van der Waals surface area contributed by atoms with Crippen molar-refractivity contribution >= 4 is 10.4 Å². The zero-order valence-electron chi connectivity index (χ0n) is 7.40. The molecule has 0 aromatic heterocycles. The van der Waals surface area contributed by atoms with Crippen LogP contribution < -0.4 is 5.73 Å². The van der Waals surface area contributed by atoms with Gasteiger partial charge in [-0.1, -0.05) is 19.3 Å². The highest BCUT2D eigenvalue weighted by Crippen LogP contribution is 2.31. The molecule has 0 amide bonds. The van der Waals surface area contributed by atoms with Gasteiger partial charge in [-0.3, -0.25) is 4.55 Å². The summed E-state index contributed by atoms with van der Waals surface area (Å²) in [6.07, 6.45) is 4.06. The van der Waals surface area contributed by atoms with Gasteiger partial charge in [-0.25, -0.2) is 4.18 Å². The Balaban J connectivity index is 2.68. The van der Waals surface area contributed by atoms with E-state index in [0.29, 0.717) is 12.8 Å². The number of hydrogen-bond acceptors (Lipinski definition) is 4. The summed E-state index contributed by atoms with van der Waals surface area (Å²) in [5.41, 5.74) is 4.59. The Morgan fingerprint density at radius 1 is 1.31 bits per heavy atom. The topological polar surface area (TPSA) is 89.6 Å². The molecule has 0 unspecified atom stereocenters. The summed E-state index contributed by atoms with van der Waals surface area (Å²) in [6.45, 7) is 0.132. The molecule has 0 aromatic carbocycles. The molecule has 1 aliphatic rings. The van der Waals surface area contributed by atoms with Crippen molar-refractivity contribution in [2.45, 2.75) is 37.7 Å². The van der Waals surface area contributed by atoms with Crippen LogP contribution in [-0.4, -0.2) is 25.1 Å². The molecule has 1 aliphatic carbocycles. The lowest BCUT2D eigenvalue weighted by atomic mass is 9.85. The van der Waals surface area contributed by atoms with Gasteiger partial charge in [0.05, 0.1) is 0 Å². The second-order valence-corrected chi connectivity index (χ2v) is 4.48. The molecule has 0 saturated heterocycles. The van der Waals surface area contributed by atoms with Crippen molar-refractivity contribution in [1.29, 1.82) is 0 Å². The largest absolute Gasteiger partial charge is 0.397 e. The van der Waals surface area contributed by atoms with E-state index in [1.807, 2.05) is 0 Å². The first-order valence-corrected chi connectivity index (χ1v) is 5.72. The fourth-order valence-corrected chi connectivity index (χ4v) is 2.42. The summed E-state index contributed by atoms with van der Waals surface area (Å²) in [7, 11) is -4.37. The minimum absolute atomic E-state index is 0.132. The van der Waals surface area contributed by atoms with E-state index in [9.17, 15) is 8.42 Å². The maximum absolute atomic E-state index is 10.5. The number of hydrogen-bond donors (Lipinski definition) is 2. The monoisotopic (exact) mass is 209 g/mol. The number of rotatable bonds is 3. The minimum Gasteiger partial charge on any atom is -0.328 e. The van der Waals surface area contributed by atoms with E-state index in [2.05, 4.69) is 4.18 Å². The second-order valence-electron chi connectivity index (χ2n) is 3.46. The summed E-state index contributed by atoms with van der Waals surface area (Å²) in [6, 6.07) is 0. The highest BCUT2D eigenvalue weighted by Gasteiger charge is 2.35. The molecular weight excluding hydrogens is 194 g/mol. The number of nitrogens with two attached hydrogens (primary N) is 1. The standard InChI is InChI=1S/C7H15NO4S/c8-6-7(12-13(9,10)11)4-2-1-3-5-7/h1-6,8H2,(H,9,10,11). The van der Waals surface area contributed by atoms with Crippen LogP contribution in [0.25, 0.3) is 0 Å². The van der Waals surface area contributed by atoms with Gasteiger partial charge >= 0.3 is 10.4 Å². The van der Waals surface area contributed by atoms with Crippen molar-refractivity contribution in [2.75, 3.05) is 6.54 Å². The first-order valence-electron chi connectivity index (χ1n) is 4.36. The van der Waals surface area contributed by atoms with E-state index < -0.39 is 16.0 Å². The second kappa shape index (κ2) is 3.91. The highest BCUT2D eigenvalue weighted by molar-refractivity contribution is 7.80. The summed E-state index contributed by atoms with van der Waals surface area (Å²) in [5.74, 6) is 0. The molecule has 0 bridgehead atoms. The fourth-order valence-electron chi connectivity index (χ4n) is 1.74. The normalized spacial score (nSPS) is 22.9. The molecule has 13 heavy (non-hydrogen) atoms. The van der Waals surface area contributed by atoms with Crippen molar-refractivity contribution in [3.05, 3.63) is 0 Å². The summed E-state index contributed by atoms with van der Waals surface area (Å²) >= 11 is 0. The van der Waals surface area contributed by atoms with Gasteiger partial charge < -0.3 is 5.73 Å². The first-order chi connectivity index (χ1) is 5.97. The molecule has 0 heterocycles. The van der Waals surface area contributed by atoms with Gasteiger partial charge in [0.15, 0.2) is 0 Å². The minimum atomic E-state index is -4.37. The van der Waals surface area contributed by atoms with Crippen molar-refractivity contribution in [2.24, 2.45) is 5.73 Å². The Morgan fingerprint density at radius 3 is 2.23 bits per heavy atom. The molecule has 3 N–H and O–H groups in total. The van der Waals surface area contributed by atoms with E-state index in [-0.39, 0.29) is 6.54 Å². The molecule has 6 heteroatoms. The van der Waals surface area contributed by atoms with Gasteiger partial charge in [-0.15, -0.1) is 0 Å². The summed E-state index contributed by atoms with van der Waals surface area (Å²) in [5, 5.41) is 0. The van der Waals surface area contributed by atoms with E-state index >= 15 is 0 Å². The Hall–Kier alpha value is -0.170. The molecule has 78 valence electrons.